The molecule has 6 heteroatoms. The van der Waals surface area contributed by atoms with Crippen molar-refractivity contribution in [2.75, 3.05) is 18.9 Å². The lowest BCUT2D eigenvalue weighted by molar-refractivity contribution is -0.384. The largest absolute Gasteiger partial charge is 0.319 e. The molecule has 2 aromatic carbocycles. The van der Waals surface area contributed by atoms with Gasteiger partial charge in [-0.2, -0.15) is 0 Å². The Hall–Kier alpha value is -2.73. The Bertz CT molecular complexity index is 863. The van der Waals surface area contributed by atoms with Gasteiger partial charge in [-0.3, -0.25) is 19.8 Å². The fourth-order valence-corrected chi connectivity index (χ4v) is 3.62. The van der Waals surface area contributed by atoms with E-state index in [1.807, 2.05) is 31.0 Å². The molecule has 0 unspecified atom stereocenters. The van der Waals surface area contributed by atoms with Gasteiger partial charge in [-0.1, -0.05) is 30.3 Å². The third kappa shape index (κ3) is 3.46. The first-order valence-corrected chi connectivity index (χ1v) is 8.71. The molecule has 26 heavy (non-hydrogen) atoms. The molecule has 1 N–H and O–H groups in total. The molecule has 0 fully saturated rings. The number of rotatable bonds is 5. The van der Waals surface area contributed by atoms with Crippen molar-refractivity contribution in [3.8, 4) is 0 Å². The van der Waals surface area contributed by atoms with E-state index in [-0.39, 0.29) is 24.2 Å². The van der Waals surface area contributed by atoms with Gasteiger partial charge in [0, 0.05) is 12.1 Å². The number of carbonyl (C=O) groups is 1. The number of fused-ring (bicyclic) bond motifs is 1. The monoisotopic (exact) mass is 353 g/mol. The number of carbonyl (C=O) groups excluding carboxylic acids is 1. The number of amides is 1. The van der Waals surface area contributed by atoms with E-state index >= 15 is 0 Å². The van der Waals surface area contributed by atoms with E-state index in [1.54, 1.807) is 13.0 Å². The number of benzene rings is 2. The zero-order chi connectivity index (χ0) is 18.8. The van der Waals surface area contributed by atoms with Crippen LogP contribution in [0.5, 0.6) is 0 Å². The molecule has 1 aliphatic carbocycles. The first-order valence-electron chi connectivity index (χ1n) is 8.71. The van der Waals surface area contributed by atoms with Gasteiger partial charge >= 0.3 is 0 Å². The minimum atomic E-state index is -0.459. The topological polar surface area (TPSA) is 75.5 Å². The predicted octanol–water partition coefficient (Wildman–Crippen LogP) is 3.77. The molecular formula is C20H23N3O3. The van der Waals surface area contributed by atoms with Gasteiger partial charge in [0.25, 0.3) is 5.69 Å². The van der Waals surface area contributed by atoms with Gasteiger partial charge in [0.05, 0.1) is 11.5 Å². The van der Waals surface area contributed by atoms with Crippen molar-refractivity contribution < 1.29 is 9.72 Å². The number of hydrogen-bond acceptors (Lipinski definition) is 4. The van der Waals surface area contributed by atoms with Crippen LogP contribution in [0.15, 0.2) is 36.4 Å². The Morgan fingerprint density at radius 2 is 2.00 bits per heavy atom. The van der Waals surface area contributed by atoms with Crippen molar-refractivity contribution in [1.29, 1.82) is 0 Å². The summed E-state index contributed by atoms with van der Waals surface area (Å²) >= 11 is 0. The summed E-state index contributed by atoms with van der Waals surface area (Å²) in [6.07, 6.45) is 1.99. The number of nitro groups is 1. The molecule has 0 spiro atoms. The normalized spacial score (nSPS) is 15.8. The minimum Gasteiger partial charge on any atom is -0.319 e. The predicted molar refractivity (Wildman–Crippen MR) is 101 cm³/mol. The van der Waals surface area contributed by atoms with Crippen molar-refractivity contribution in [2.24, 2.45) is 0 Å². The highest BCUT2D eigenvalue weighted by molar-refractivity contribution is 5.95. The number of nitrogens with one attached hydrogen (secondary N) is 1. The fourth-order valence-electron chi connectivity index (χ4n) is 3.62. The zero-order valence-corrected chi connectivity index (χ0v) is 15.3. The van der Waals surface area contributed by atoms with Gasteiger partial charge in [-0.05, 0) is 56.0 Å². The number of hydrogen-bond donors (Lipinski definition) is 1. The lowest BCUT2D eigenvalue weighted by atomic mass is 10.1. The van der Waals surface area contributed by atoms with Crippen molar-refractivity contribution in [3.05, 3.63) is 68.8 Å². The summed E-state index contributed by atoms with van der Waals surface area (Å²) < 4.78 is 0. The Labute approximate surface area is 153 Å². The third-order valence-electron chi connectivity index (χ3n) is 5.20. The maximum atomic E-state index is 12.6. The van der Waals surface area contributed by atoms with Gasteiger partial charge in [0.1, 0.15) is 5.69 Å². The fraction of sp³-hybridized carbons (Fsp3) is 0.350. The summed E-state index contributed by atoms with van der Waals surface area (Å²) in [5.74, 6) is -0.242. The van der Waals surface area contributed by atoms with E-state index in [9.17, 15) is 14.9 Å². The number of likely N-dealkylation sites (N-methyl/N-ethyl adjacent to an activating group) is 1. The number of nitro benzene ring substituents is 1. The van der Waals surface area contributed by atoms with Crippen LogP contribution in [0.1, 0.15) is 34.7 Å². The molecule has 2 aromatic rings. The molecular weight excluding hydrogens is 330 g/mol. The van der Waals surface area contributed by atoms with E-state index in [4.69, 9.17) is 0 Å². The molecule has 1 amide bonds. The van der Waals surface area contributed by atoms with E-state index in [2.05, 4.69) is 17.4 Å². The Morgan fingerprint density at radius 1 is 1.27 bits per heavy atom. The zero-order valence-electron chi connectivity index (χ0n) is 15.3. The van der Waals surface area contributed by atoms with E-state index in [0.29, 0.717) is 5.69 Å². The van der Waals surface area contributed by atoms with Gasteiger partial charge in [0.2, 0.25) is 5.91 Å². The van der Waals surface area contributed by atoms with Gasteiger partial charge in [-0.25, -0.2) is 0 Å². The molecule has 1 aliphatic rings. The van der Waals surface area contributed by atoms with Crippen LogP contribution >= 0.6 is 0 Å². The smallest absolute Gasteiger partial charge is 0.293 e. The summed E-state index contributed by atoms with van der Waals surface area (Å²) in [4.78, 5) is 25.4. The molecule has 0 saturated heterocycles. The molecule has 3 rings (SSSR count). The van der Waals surface area contributed by atoms with Crippen LogP contribution in [0.4, 0.5) is 11.4 Å². The molecule has 6 nitrogen and oxygen atoms in total. The first kappa shape index (κ1) is 18.1. The summed E-state index contributed by atoms with van der Waals surface area (Å²) in [5.41, 5.74) is 4.44. The summed E-state index contributed by atoms with van der Waals surface area (Å²) in [6.45, 7) is 3.84. The van der Waals surface area contributed by atoms with Gasteiger partial charge < -0.3 is 5.32 Å². The second-order valence-electron chi connectivity index (χ2n) is 6.88. The van der Waals surface area contributed by atoms with Crippen LogP contribution in [0.2, 0.25) is 0 Å². The molecule has 0 heterocycles. The summed E-state index contributed by atoms with van der Waals surface area (Å²) in [6, 6.07) is 11.6. The lowest BCUT2D eigenvalue weighted by Crippen LogP contribution is -2.32. The molecule has 136 valence electrons. The number of aryl methyl sites for hydroxylation is 2. The maximum absolute atomic E-state index is 12.6. The average Bonchev–Trinajstić information content (AvgIpc) is 3.03. The Balaban J connectivity index is 1.74. The second kappa shape index (κ2) is 7.25. The van der Waals surface area contributed by atoms with Crippen molar-refractivity contribution >= 4 is 17.3 Å². The molecule has 0 bridgehead atoms. The van der Waals surface area contributed by atoms with E-state index < -0.39 is 4.92 Å². The van der Waals surface area contributed by atoms with Crippen LogP contribution in [0, 0.1) is 24.0 Å². The molecule has 0 aliphatic heterocycles. The lowest BCUT2D eigenvalue weighted by Gasteiger charge is -2.24. The van der Waals surface area contributed by atoms with Crippen molar-refractivity contribution in [3.63, 3.8) is 0 Å². The van der Waals surface area contributed by atoms with Gasteiger partial charge in [-0.15, -0.1) is 0 Å². The molecule has 0 saturated carbocycles. The van der Waals surface area contributed by atoms with Crippen LogP contribution in [0.25, 0.3) is 0 Å². The Morgan fingerprint density at radius 3 is 2.73 bits per heavy atom. The van der Waals surface area contributed by atoms with Crippen molar-refractivity contribution in [1.82, 2.24) is 4.90 Å². The number of nitrogens with zero attached hydrogens (tertiary/aromatic N) is 2. The Kier molecular flexibility index (Phi) is 5.04. The summed E-state index contributed by atoms with van der Waals surface area (Å²) in [5, 5.41) is 14.0. The molecule has 0 radical (unpaired) electrons. The highest BCUT2D eigenvalue weighted by Gasteiger charge is 2.27. The van der Waals surface area contributed by atoms with Crippen LogP contribution < -0.4 is 5.32 Å². The number of anilines is 1. The third-order valence-corrected chi connectivity index (χ3v) is 5.20. The van der Waals surface area contributed by atoms with Crippen LogP contribution in [-0.2, 0) is 11.2 Å². The molecule has 0 aromatic heterocycles. The highest BCUT2D eigenvalue weighted by atomic mass is 16.6. The standard InChI is InChI=1S/C20H23N3O3/c1-13-8-10-18(23(25)26)20(14(13)2)21-19(24)12-22(3)17-11-9-15-6-4-5-7-16(15)17/h4-8,10,17H,9,11-12H2,1-3H3,(H,21,24)/t17-/m0/s1. The molecule has 1 atom stereocenters. The van der Waals surface area contributed by atoms with E-state index in [1.165, 1.54) is 17.2 Å². The van der Waals surface area contributed by atoms with Gasteiger partial charge in [0.15, 0.2) is 0 Å². The minimum absolute atomic E-state index is 0.0738. The first-order chi connectivity index (χ1) is 12.4. The second-order valence-corrected chi connectivity index (χ2v) is 6.88. The summed E-state index contributed by atoms with van der Waals surface area (Å²) in [7, 11) is 1.92. The van der Waals surface area contributed by atoms with Crippen LogP contribution in [-0.4, -0.2) is 29.3 Å². The van der Waals surface area contributed by atoms with E-state index in [0.717, 1.165) is 24.0 Å². The van der Waals surface area contributed by atoms with Crippen LogP contribution in [0.3, 0.4) is 0 Å². The average molecular weight is 353 g/mol. The quantitative estimate of drug-likeness (QED) is 0.656. The van der Waals surface area contributed by atoms with Crippen molar-refractivity contribution in [2.45, 2.75) is 32.7 Å². The maximum Gasteiger partial charge on any atom is 0.293 e. The SMILES string of the molecule is Cc1ccc([N+](=O)[O-])c(NC(=O)CN(C)[C@H]2CCc3ccccc32)c1C. The highest BCUT2D eigenvalue weighted by Crippen LogP contribution is 2.35.